The van der Waals surface area contributed by atoms with E-state index in [0.717, 1.165) is 18.2 Å². The van der Waals surface area contributed by atoms with Gasteiger partial charge >= 0.3 is 6.18 Å². The third-order valence-electron chi connectivity index (χ3n) is 2.81. The molecule has 1 atom stereocenters. The van der Waals surface area contributed by atoms with Gasteiger partial charge in [0.2, 0.25) is 5.91 Å². The summed E-state index contributed by atoms with van der Waals surface area (Å²) in [6.07, 6.45) is -4.64. The van der Waals surface area contributed by atoms with Crippen LogP contribution in [0, 0.1) is 0 Å². The second-order valence-corrected chi connectivity index (χ2v) is 7.50. The van der Waals surface area contributed by atoms with Gasteiger partial charge in [0.05, 0.1) is 5.25 Å². The van der Waals surface area contributed by atoms with Crippen molar-refractivity contribution in [1.82, 2.24) is 4.98 Å². The van der Waals surface area contributed by atoms with Crippen LogP contribution in [0.25, 0.3) is 0 Å². The summed E-state index contributed by atoms with van der Waals surface area (Å²) < 4.78 is 61.1. The lowest BCUT2D eigenvalue weighted by molar-refractivity contribution is -0.141. The monoisotopic (exact) mass is 324 g/mol. The van der Waals surface area contributed by atoms with Gasteiger partial charge in [-0.15, -0.1) is 0 Å². The number of alkyl halides is 3. The van der Waals surface area contributed by atoms with Crippen LogP contribution in [0.3, 0.4) is 0 Å². The van der Waals surface area contributed by atoms with E-state index in [1.165, 1.54) is 20.8 Å². The second kappa shape index (κ2) is 6.00. The summed E-state index contributed by atoms with van der Waals surface area (Å²) in [5.74, 6) is -1.27. The minimum Gasteiger partial charge on any atom is -0.310 e. The number of nitrogens with one attached hydrogen (secondary N) is 1. The zero-order valence-electron chi connectivity index (χ0n) is 11.6. The molecule has 1 aromatic heterocycles. The summed E-state index contributed by atoms with van der Waals surface area (Å²) in [6.45, 7) is 4.02. The zero-order chi connectivity index (χ0) is 16.4. The average molecular weight is 324 g/mol. The van der Waals surface area contributed by atoms with Crippen LogP contribution in [0.15, 0.2) is 18.2 Å². The van der Waals surface area contributed by atoms with Crippen molar-refractivity contribution in [3.63, 3.8) is 0 Å². The van der Waals surface area contributed by atoms with Crippen LogP contribution in [0.2, 0.25) is 0 Å². The molecule has 0 bridgehead atoms. The Bertz CT molecular complexity index is 627. The lowest BCUT2D eigenvalue weighted by atomic mass is 10.3. The predicted octanol–water partition coefficient (Wildman–Crippen LogP) is 2.25. The Morgan fingerprint density at radius 3 is 2.29 bits per heavy atom. The summed E-state index contributed by atoms with van der Waals surface area (Å²) in [4.78, 5) is 15.1. The molecule has 1 aromatic rings. The number of rotatable bonds is 4. The summed E-state index contributed by atoms with van der Waals surface area (Å²) in [5, 5.41) is -0.0654. The van der Waals surface area contributed by atoms with E-state index in [0.29, 0.717) is 0 Å². The molecule has 0 saturated carbocycles. The number of anilines is 1. The topological polar surface area (TPSA) is 76.1 Å². The van der Waals surface area contributed by atoms with Gasteiger partial charge in [0.15, 0.2) is 9.84 Å². The van der Waals surface area contributed by atoms with Gasteiger partial charge in [0.25, 0.3) is 0 Å². The SMILES string of the molecule is CC(C)S(=O)(=O)[C@@H](C)C(=O)Nc1cccc(C(F)(F)F)n1. The lowest BCUT2D eigenvalue weighted by Crippen LogP contribution is -2.36. The first-order chi connectivity index (χ1) is 9.46. The highest BCUT2D eigenvalue weighted by atomic mass is 32.2. The van der Waals surface area contributed by atoms with Crippen LogP contribution in [0.4, 0.5) is 19.0 Å². The molecule has 5 nitrogen and oxygen atoms in total. The fourth-order valence-electron chi connectivity index (χ4n) is 1.45. The molecule has 1 rings (SSSR count). The van der Waals surface area contributed by atoms with Gasteiger partial charge in [0, 0.05) is 0 Å². The molecule has 1 amide bonds. The van der Waals surface area contributed by atoms with E-state index >= 15 is 0 Å². The average Bonchev–Trinajstić information content (AvgIpc) is 2.36. The molecule has 0 fully saturated rings. The zero-order valence-corrected chi connectivity index (χ0v) is 12.4. The molecule has 0 aromatic carbocycles. The van der Waals surface area contributed by atoms with Gasteiger partial charge in [-0.1, -0.05) is 6.07 Å². The molecule has 0 radical (unpaired) electrons. The molecular weight excluding hydrogens is 309 g/mol. The maximum Gasteiger partial charge on any atom is 0.433 e. The molecule has 9 heteroatoms. The van der Waals surface area contributed by atoms with Crippen LogP contribution in [-0.2, 0) is 20.8 Å². The maximum atomic E-state index is 12.5. The van der Waals surface area contributed by atoms with Crippen molar-refractivity contribution in [2.24, 2.45) is 0 Å². The van der Waals surface area contributed by atoms with E-state index in [9.17, 15) is 26.4 Å². The van der Waals surface area contributed by atoms with Crippen molar-refractivity contribution in [3.05, 3.63) is 23.9 Å². The molecule has 0 aliphatic carbocycles. The molecule has 1 N–H and O–H groups in total. The summed E-state index contributed by atoms with van der Waals surface area (Å²) >= 11 is 0. The molecular formula is C12H15F3N2O3S. The minimum absolute atomic E-state index is 0.347. The van der Waals surface area contributed by atoms with Gasteiger partial charge in [0.1, 0.15) is 16.8 Å². The molecule has 0 spiro atoms. The summed E-state index contributed by atoms with van der Waals surface area (Å²) in [6, 6.07) is 2.98. The molecule has 1 heterocycles. The highest BCUT2D eigenvalue weighted by Crippen LogP contribution is 2.28. The standard InChI is InChI=1S/C12H15F3N2O3S/c1-7(2)21(19,20)8(3)11(18)17-10-6-4-5-9(16-10)12(13,14)15/h4-8H,1-3H3,(H,16,17,18)/t8-/m0/s1. The van der Waals surface area contributed by atoms with Crippen molar-refractivity contribution in [2.45, 2.75) is 37.4 Å². The van der Waals surface area contributed by atoms with Crippen molar-refractivity contribution in [1.29, 1.82) is 0 Å². The second-order valence-electron chi connectivity index (χ2n) is 4.68. The van der Waals surface area contributed by atoms with Crippen LogP contribution >= 0.6 is 0 Å². The third kappa shape index (κ3) is 4.16. The quantitative estimate of drug-likeness (QED) is 0.921. The normalized spacial score (nSPS) is 14.0. The Morgan fingerprint density at radius 1 is 1.24 bits per heavy atom. The summed E-state index contributed by atoms with van der Waals surface area (Å²) in [5.41, 5.74) is -1.17. The van der Waals surface area contributed by atoms with Crippen molar-refractivity contribution in [3.8, 4) is 0 Å². The number of sulfone groups is 1. The van der Waals surface area contributed by atoms with Gasteiger partial charge in [-0.3, -0.25) is 4.79 Å². The van der Waals surface area contributed by atoms with Crippen LogP contribution in [-0.4, -0.2) is 29.8 Å². The highest BCUT2D eigenvalue weighted by Gasteiger charge is 2.34. The van der Waals surface area contributed by atoms with Crippen molar-refractivity contribution in [2.75, 3.05) is 5.32 Å². The largest absolute Gasteiger partial charge is 0.433 e. The number of carbonyl (C=O) groups is 1. The van der Waals surface area contributed by atoms with E-state index in [1.807, 2.05) is 0 Å². The van der Waals surface area contributed by atoms with Crippen LogP contribution in [0.1, 0.15) is 26.5 Å². The summed E-state index contributed by atoms with van der Waals surface area (Å²) in [7, 11) is -3.70. The van der Waals surface area contributed by atoms with Gasteiger partial charge in [-0.2, -0.15) is 13.2 Å². The Hall–Kier alpha value is -1.64. The Labute approximate surface area is 120 Å². The van der Waals surface area contributed by atoms with Gasteiger partial charge < -0.3 is 5.32 Å². The highest BCUT2D eigenvalue weighted by molar-refractivity contribution is 7.93. The van der Waals surface area contributed by atoms with Gasteiger partial charge in [-0.05, 0) is 32.9 Å². The fraction of sp³-hybridized carbons (Fsp3) is 0.500. The lowest BCUT2D eigenvalue weighted by Gasteiger charge is -2.15. The van der Waals surface area contributed by atoms with E-state index in [2.05, 4.69) is 10.3 Å². The number of halogens is 3. The number of pyridine rings is 1. The number of carbonyl (C=O) groups excluding carboxylic acids is 1. The number of amides is 1. The fourth-order valence-corrected chi connectivity index (χ4v) is 2.62. The Balaban J connectivity index is 2.95. The van der Waals surface area contributed by atoms with Gasteiger partial charge in [-0.25, -0.2) is 13.4 Å². The molecule has 0 saturated heterocycles. The maximum absolute atomic E-state index is 12.5. The predicted molar refractivity (Wildman–Crippen MR) is 71.4 cm³/mol. The smallest absolute Gasteiger partial charge is 0.310 e. The van der Waals surface area contributed by atoms with Crippen molar-refractivity contribution < 1.29 is 26.4 Å². The number of hydrogen-bond donors (Lipinski definition) is 1. The molecule has 21 heavy (non-hydrogen) atoms. The molecule has 0 aliphatic heterocycles. The molecule has 0 aliphatic rings. The first-order valence-corrected chi connectivity index (χ1v) is 7.65. The van der Waals surface area contributed by atoms with E-state index in [-0.39, 0.29) is 5.82 Å². The Kier molecular flexibility index (Phi) is 4.98. The first kappa shape index (κ1) is 17.4. The van der Waals surface area contributed by atoms with E-state index < -0.39 is 38.1 Å². The van der Waals surface area contributed by atoms with Crippen molar-refractivity contribution >= 4 is 21.6 Å². The van der Waals surface area contributed by atoms with E-state index in [4.69, 9.17) is 0 Å². The van der Waals surface area contributed by atoms with E-state index in [1.54, 1.807) is 0 Å². The van der Waals surface area contributed by atoms with Crippen LogP contribution in [0.5, 0.6) is 0 Å². The molecule has 0 unspecified atom stereocenters. The minimum atomic E-state index is -4.64. The Morgan fingerprint density at radius 2 is 1.81 bits per heavy atom. The number of hydrogen-bond acceptors (Lipinski definition) is 4. The first-order valence-electron chi connectivity index (χ1n) is 6.04. The number of aromatic nitrogens is 1. The molecule has 118 valence electrons. The van der Waals surface area contributed by atoms with Crippen LogP contribution < -0.4 is 5.32 Å². The number of nitrogens with zero attached hydrogens (tertiary/aromatic N) is 1. The third-order valence-corrected chi connectivity index (χ3v) is 5.32.